The van der Waals surface area contributed by atoms with Crippen molar-refractivity contribution >= 4 is 12.1 Å². The van der Waals surface area contributed by atoms with E-state index in [1.54, 1.807) is 6.07 Å². The fourth-order valence-electron chi connectivity index (χ4n) is 0.837. The number of H-pyrrole nitrogens is 1. The standard InChI is InChI=1S/C7H5N3O3/c8-2-4-5(9-3-11)1-6(12)10-7(4)13/h1,3H,(H3,9,10,11,12,13). The third-order valence-electron chi connectivity index (χ3n) is 1.35. The molecule has 13 heavy (non-hydrogen) atoms. The van der Waals surface area contributed by atoms with Crippen molar-refractivity contribution in [1.82, 2.24) is 4.98 Å². The molecule has 0 unspecified atom stereocenters. The van der Waals surface area contributed by atoms with Crippen LogP contribution in [0.3, 0.4) is 0 Å². The van der Waals surface area contributed by atoms with Gasteiger partial charge in [-0.1, -0.05) is 0 Å². The molecule has 66 valence electrons. The molecule has 0 aliphatic rings. The van der Waals surface area contributed by atoms with Crippen molar-refractivity contribution in [2.75, 3.05) is 5.32 Å². The zero-order valence-electron chi connectivity index (χ0n) is 6.37. The van der Waals surface area contributed by atoms with Crippen LogP contribution in [-0.2, 0) is 4.79 Å². The molecule has 0 aromatic carbocycles. The van der Waals surface area contributed by atoms with E-state index in [4.69, 9.17) is 10.4 Å². The molecule has 0 aliphatic carbocycles. The van der Waals surface area contributed by atoms with Gasteiger partial charge in [0.2, 0.25) is 12.3 Å². The molecule has 1 rings (SSSR count). The number of pyridine rings is 1. The van der Waals surface area contributed by atoms with E-state index in [1.165, 1.54) is 0 Å². The normalized spacial score (nSPS) is 8.85. The lowest BCUT2D eigenvalue weighted by Gasteiger charge is -2.01. The highest BCUT2D eigenvalue weighted by molar-refractivity contribution is 5.76. The van der Waals surface area contributed by atoms with Crippen LogP contribution >= 0.6 is 0 Å². The number of aromatic hydroxyl groups is 1. The van der Waals surface area contributed by atoms with Crippen LogP contribution in [0.1, 0.15) is 5.56 Å². The number of carbonyl (C=O) groups excluding carboxylic acids is 1. The summed E-state index contributed by atoms with van der Waals surface area (Å²) in [7, 11) is 0. The number of nitrogens with zero attached hydrogens (tertiary/aromatic N) is 1. The highest BCUT2D eigenvalue weighted by Crippen LogP contribution is 2.18. The van der Waals surface area contributed by atoms with Crippen molar-refractivity contribution in [1.29, 1.82) is 5.26 Å². The third-order valence-corrected chi connectivity index (χ3v) is 1.35. The van der Waals surface area contributed by atoms with Gasteiger partial charge in [-0.05, 0) is 0 Å². The Labute approximate surface area is 72.4 Å². The van der Waals surface area contributed by atoms with Crippen LogP contribution < -0.4 is 10.9 Å². The summed E-state index contributed by atoms with van der Waals surface area (Å²) < 4.78 is 0. The van der Waals surface area contributed by atoms with Crippen LogP contribution in [-0.4, -0.2) is 16.5 Å². The predicted molar refractivity (Wildman–Crippen MR) is 43.1 cm³/mol. The highest BCUT2D eigenvalue weighted by atomic mass is 16.3. The molecule has 0 atom stereocenters. The van der Waals surface area contributed by atoms with E-state index in [2.05, 4.69) is 5.32 Å². The minimum absolute atomic E-state index is 0.0150. The number of aromatic amines is 1. The average molecular weight is 179 g/mol. The molecule has 1 heterocycles. The molecule has 6 nitrogen and oxygen atoms in total. The number of nitrogens with one attached hydrogen (secondary N) is 2. The Bertz CT molecular complexity index is 430. The minimum atomic E-state index is -0.596. The molecule has 1 aromatic rings. The van der Waals surface area contributed by atoms with E-state index >= 15 is 0 Å². The predicted octanol–water partition coefficient (Wildman–Crippen LogP) is -0.480. The first kappa shape index (κ1) is 8.80. The van der Waals surface area contributed by atoms with Gasteiger partial charge < -0.3 is 10.4 Å². The van der Waals surface area contributed by atoms with E-state index in [0.717, 1.165) is 6.07 Å². The van der Waals surface area contributed by atoms with Crippen molar-refractivity contribution in [2.45, 2.75) is 0 Å². The Morgan fingerprint density at radius 1 is 1.69 bits per heavy atom. The molecule has 0 bridgehead atoms. The Balaban J connectivity index is 3.39. The quantitative estimate of drug-likeness (QED) is 0.533. The Hall–Kier alpha value is -2.29. The van der Waals surface area contributed by atoms with Crippen LogP contribution in [0.5, 0.6) is 5.88 Å². The lowest BCUT2D eigenvalue weighted by atomic mass is 10.2. The average Bonchev–Trinajstić information content (AvgIpc) is 2.04. The van der Waals surface area contributed by atoms with Crippen molar-refractivity contribution in [2.24, 2.45) is 0 Å². The van der Waals surface area contributed by atoms with Crippen LogP contribution in [0.15, 0.2) is 10.9 Å². The van der Waals surface area contributed by atoms with Crippen molar-refractivity contribution in [3.63, 3.8) is 0 Å². The Morgan fingerprint density at radius 3 is 2.92 bits per heavy atom. The molecule has 6 heteroatoms. The second-order valence-electron chi connectivity index (χ2n) is 2.14. The SMILES string of the molecule is N#Cc1c(NC=O)cc(=O)[nH]c1O. The molecule has 0 radical (unpaired) electrons. The van der Waals surface area contributed by atoms with Gasteiger partial charge in [-0.15, -0.1) is 0 Å². The van der Waals surface area contributed by atoms with Gasteiger partial charge in [-0.25, -0.2) is 0 Å². The monoisotopic (exact) mass is 179 g/mol. The summed E-state index contributed by atoms with van der Waals surface area (Å²) in [6.07, 6.45) is 0.315. The lowest BCUT2D eigenvalue weighted by Crippen LogP contribution is -2.08. The van der Waals surface area contributed by atoms with E-state index in [-0.39, 0.29) is 11.3 Å². The number of nitriles is 1. The lowest BCUT2D eigenvalue weighted by molar-refractivity contribution is -0.105. The minimum Gasteiger partial charge on any atom is -0.494 e. The summed E-state index contributed by atoms with van der Waals surface area (Å²) in [4.78, 5) is 22.8. The van der Waals surface area contributed by atoms with Crippen molar-refractivity contribution in [3.8, 4) is 11.9 Å². The van der Waals surface area contributed by atoms with Gasteiger partial charge >= 0.3 is 0 Å². The number of rotatable bonds is 2. The van der Waals surface area contributed by atoms with Crippen LogP contribution in [0, 0.1) is 11.3 Å². The molecule has 0 saturated carbocycles. The molecule has 0 aliphatic heterocycles. The summed E-state index contributed by atoms with van der Waals surface area (Å²) in [5, 5.41) is 19.7. The maximum Gasteiger partial charge on any atom is 0.252 e. The van der Waals surface area contributed by atoms with Crippen molar-refractivity contribution < 1.29 is 9.90 Å². The first-order chi connectivity index (χ1) is 6.19. The van der Waals surface area contributed by atoms with Crippen LogP contribution in [0.4, 0.5) is 5.69 Å². The second kappa shape index (κ2) is 3.40. The highest BCUT2D eigenvalue weighted by Gasteiger charge is 2.08. The summed E-state index contributed by atoms with van der Waals surface area (Å²) in [5.41, 5.74) is -0.786. The summed E-state index contributed by atoms with van der Waals surface area (Å²) in [6, 6.07) is 2.64. The molecule has 3 N–H and O–H groups in total. The van der Waals surface area contributed by atoms with Gasteiger partial charge in [0.05, 0.1) is 5.69 Å². The molecule has 0 spiro atoms. The summed E-state index contributed by atoms with van der Waals surface area (Å²) in [6.45, 7) is 0. The molecule has 0 saturated heterocycles. The van der Waals surface area contributed by atoms with Crippen LogP contribution in [0.25, 0.3) is 0 Å². The number of anilines is 1. The van der Waals surface area contributed by atoms with Gasteiger partial charge in [0, 0.05) is 6.07 Å². The van der Waals surface area contributed by atoms with Gasteiger partial charge in [-0.2, -0.15) is 5.26 Å². The largest absolute Gasteiger partial charge is 0.494 e. The van der Waals surface area contributed by atoms with Crippen molar-refractivity contribution in [3.05, 3.63) is 22.0 Å². The Kier molecular flexibility index (Phi) is 2.31. The molecular formula is C7H5N3O3. The topological polar surface area (TPSA) is 106 Å². The van der Waals surface area contributed by atoms with Gasteiger partial charge in [0.1, 0.15) is 11.6 Å². The Morgan fingerprint density at radius 2 is 2.38 bits per heavy atom. The number of aromatic nitrogens is 1. The number of hydrogen-bond donors (Lipinski definition) is 3. The molecule has 1 aromatic heterocycles. The zero-order valence-corrected chi connectivity index (χ0v) is 6.37. The fraction of sp³-hybridized carbons (Fsp3) is 0. The maximum absolute atomic E-state index is 10.8. The third kappa shape index (κ3) is 1.65. The second-order valence-corrected chi connectivity index (χ2v) is 2.14. The maximum atomic E-state index is 10.8. The number of carbonyl (C=O) groups is 1. The fourth-order valence-corrected chi connectivity index (χ4v) is 0.837. The number of amides is 1. The molecule has 0 fully saturated rings. The van der Waals surface area contributed by atoms with E-state index in [0.29, 0.717) is 6.41 Å². The summed E-state index contributed by atoms with van der Waals surface area (Å²) >= 11 is 0. The van der Waals surface area contributed by atoms with E-state index < -0.39 is 11.4 Å². The number of hydrogen-bond acceptors (Lipinski definition) is 4. The first-order valence-corrected chi connectivity index (χ1v) is 3.25. The van der Waals surface area contributed by atoms with Crippen LogP contribution in [0.2, 0.25) is 0 Å². The molecular weight excluding hydrogens is 174 g/mol. The van der Waals surface area contributed by atoms with Gasteiger partial charge in [0.15, 0.2) is 0 Å². The van der Waals surface area contributed by atoms with Gasteiger partial charge in [-0.3, -0.25) is 14.6 Å². The molecule has 1 amide bonds. The first-order valence-electron chi connectivity index (χ1n) is 3.25. The zero-order chi connectivity index (χ0) is 9.84. The van der Waals surface area contributed by atoms with E-state index in [1.807, 2.05) is 4.98 Å². The summed E-state index contributed by atoms with van der Waals surface area (Å²) in [5.74, 6) is -0.556. The van der Waals surface area contributed by atoms with Gasteiger partial charge in [0.25, 0.3) is 5.56 Å². The smallest absolute Gasteiger partial charge is 0.252 e. The van der Waals surface area contributed by atoms with E-state index in [9.17, 15) is 9.59 Å².